The van der Waals surface area contributed by atoms with Gasteiger partial charge in [0.15, 0.2) is 0 Å². The van der Waals surface area contributed by atoms with Gasteiger partial charge in [0.25, 0.3) is 0 Å². The average molecular weight is 301 g/mol. The van der Waals surface area contributed by atoms with Crippen LogP contribution < -0.4 is 10.6 Å². The number of fused-ring (bicyclic) bond motifs is 1. The van der Waals surface area contributed by atoms with Gasteiger partial charge >= 0.3 is 0 Å². The molecule has 0 saturated carbocycles. The van der Waals surface area contributed by atoms with E-state index in [2.05, 4.69) is 22.8 Å². The van der Waals surface area contributed by atoms with Crippen molar-refractivity contribution >= 4 is 23.2 Å². The molecule has 3 rings (SSSR count). The lowest BCUT2D eigenvalue weighted by Gasteiger charge is -2.25. The standard InChI is InChI=1S/C17H17ClN2O/c1-11-6-7-14(18)9-15(11)20-17(21)16-8-12-4-2-3-5-13(12)10-19-16/h2-7,9,16,19H,8,10H2,1H3,(H,20,21)/t16-/m1/s1. The Hall–Kier alpha value is -1.84. The van der Waals surface area contributed by atoms with Crippen molar-refractivity contribution in [3.8, 4) is 0 Å². The predicted octanol–water partition coefficient (Wildman–Crippen LogP) is 3.30. The van der Waals surface area contributed by atoms with E-state index >= 15 is 0 Å². The van der Waals surface area contributed by atoms with Gasteiger partial charge in [-0.3, -0.25) is 4.79 Å². The van der Waals surface area contributed by atoms with E-state index in [0.717, 1.165) is 17.8 Å². The van der Waals surface area contributed by atoms with E-state index in [4.69, 9.17) is 11.6 Å². The van der Waals surface area contributed by atoms with Crippen LogP contribution in [0, 0.1) is 6.92 Å². The molecule has 1 heterocycles. The van der Waals surface area contributed by atoms with E-state index in [1.807, 2.05) is 31.2 Å². The lowest BCUT2D eigenvalue weighted by Crippen LogP contribution is -2.44. The molecule has 1 aliphatic rings. The Kier molecular flexibility index (Phi) is 3.95. The van der Waals surface area contributed by atoms with Gasteiger partial charge in [0, 0.05) is 17.3 Å². The van der Waals surface area contributed by atoms with Crippen LogP contribution >= 0.6 is 11.6 Å². The molecule has 0 bridgehead atoms. The molecule has 1 amide bonds. The third kappa shape index (κ3) is 3.09. The zero-order chi connectivity index (χ0) is 14.8. The summed E-state index contributed by atoms with van der Waals surface area (Å²) in [6, 6.07) is 13.5. The molecule has 108 valence electrons. The zero-order valence-corrected chi connectivity index (χ0v) is 12.6. The molecule has 0 radical (unpaired) electrons. The van der Waals surface area contributed by atoms with Crippen molar-refractivity contribution in [3.63, 3.8) is 0 Å². The number of aryl methyl sites for hydroxylation is 1. The SMILES string of the molecule is Cc1ccc(Cl)cc1NC(=O)[C@H]1Cc2ccccc2CN1. The van der Waals surface area contributed by atoms with E-state index in [-0.39, 0.29) is 11.9 Å². The molecule has 0 spiro atoms. The third-order valence-corrected chi connectivity index (χ3v) is 4.09. The smallest absolute Gasteiger partial charge is 0.241 e. The first-order chi connectivity index (χ1) is 10.1. The van der Waals surface area contributed by atoms with Crippen LogP contribution in [0.4, 0.5) is 5.69 Å². The van der Waals surface area contributed by atoms with E-state index in [9.17, 15) is 4.79 Å². The van der Waals surface area contributed by atoms with Gasteiger partial charge in [-0.25, -0.2) is 0 Å². The Labute approximate surface area is 129 Å². The highest BCUT2D eigenvalue weighted by molar-refractivity contribution is 6.31. The molecule has 2 aromatic carbocycles. The highest BCUT2D eigenvalue weighted by Gasteiger charge is 2.24. The summed E-state index contributed by atoms with van der Waals surface area (Å²) in [5.74, 6) is -0.0186. The number of benzene rings is 2. The highest BCUT2D eigenvalue weighted by Crippen LogP contribution is 2.22. The van der Waals surface area contributed by atoms with Crippen molar-refractivity contribution in [3.05, 3.63) is 64.2 Å². The molecule has 1 aliphatic heterocycles. The van der Waals surface area contributed by atoms with Crippen LogP contribution in [0.2, 0.25) is 5.02 Å². The fourth-order valence-corrected chi connectivity index (χ4v) is 2.76. The van der Waals surface area contributed by atoms with Gasteiger partial charge in [-0.05, 0) is 42.2 Å². The summed E-state index contributed by atoms with van der Waals surface area (Å²) in [7, 11) is 0. The van der Waals surface area contributed by atoms with Crippen LogP contribution in [0.1, 0.15) is 16.7 Å². The van der Waals surface area contributed by atoms with Gasteiger partial charge in [-0.15, -0.1) is 0 Å². The van der Waals surface area contributed by atoms with Gasteiger partial charge in [0.2, 0.25) is 5.91 Å². The molecule has 1 atom stereocenters. The first kappa shape index (κ1) is 14.1. The first-order valence-electron chi connectivity index (χ1n) is 7.00. The van der Waals surface area contributed by atoms with Gasteiger partial charge < -0.3 is 10.6 Å². The quantitative estimate of drug-likeness (QED) is 0.893. The largest absolute Gasteiger partial charge is 0.324 e. The maximum absolute atomic E-state index is 12.4. The molecule has 0 unspecified atom stereocenters. The van der Waals surface area contributed by atoms with Gasteiger partial charge in [0.05, 0.1) is 6.04 Å². The number of anilines is 1. The summed E-state index contributed by atoms with van der Waals surface area (Å²) < 4.78 is 0. The number of amides is 1. The van der Waals surface area contributed by atoms with Crippen LogP contribution in [-0.4, -0.2) is 11.9 Å². The zero-order valence-electron chi connectivity index (χ0n) is 11.8. The summed E-state index contributed by atoms with van der Waals surface area (Å²) in [6.45, 7) is 2.68. The molecule has 21 heavy (non-hydrogen) atoms. The summed E-state index contributed by atoms with van der Waals surface area (Å²) in [5.41, 5.74) is 4.27. The van der Waals surface area contributed by atoms with Crippen LogP contribution in [0.5, 0.6) is 0 Å². The van der Waals surface area contributed by atoms with E-state index in [1.165, 1.54) is 11.1 Å². The summed E-state index contributed by atoms with van der Waals surface area (Å²) in [5, 5.41) is 6.87. The Balaban J connectivity index is 1.74. The molecule has 0 aliphatic carbocycles. The highest BCUT2D eigenvalue weighted by atomic mass is 35.5. The van der Waals surface area contributed by atoms with E-state index in [1.54, 1.807) is 6.07 Å². The molecule has 3 nitrogen and oxygen atoms in total. The normalized spacial score (nSPS) is 17.1. The summed E-state index contributed by atoms with van der Waals surface area (Å²) in [6.07, 6.45) is 0.710. The number of rotatable bonds is 2. The maximum Gasteiger partial charge on any atom is 0.241 e. The monoisotopic (exact) mass is 300 g/mol. The fraction of sp³-hybridized carbons (Fsp3) is 0.235. The number of carbonyl (C=O) groups excluding carboxylic acids is 1. The Bertz CT molecular complexity index is 684. The molecule has 0 saturated heterocycles. The Morgan fingerprint density at radius 2 is 2.00 bits per heavy atom. The molecule has 4 heteroatoms. The van der Waals surface area contributed by atoms with Gasteiger partial charge in [-0.1, -0.05) is 41.9 Å². The number of nitrogens with one attached hydrogen (secondary N) is 2. The molecular formula is C17H17ClN2O. The van der Waals surface area contributed by atoms with Crippen molar-refractivity contribution in [2.75, 3.05) is 5.32 Å². The Morgan fingerprint density at radius 1 is 1.24 bits per heavy atom. The van der Waals surface area contributed by atoms with Crippen LogP contribution in [0.15, 0.2) is 42.5 Å². The number of halogens is 1. The van der Waals surface area contributed by atoms with Crippen LogP contribution in [0.3, 0.4) is 0 Å². The van der Waals surface area contributed by atoms with Crippen molar-refractivity contribution < 1.29 is 4.79 Å². The van der Waals surface area contributed by atoms with Crippen molar-refractivity contribution in [2.24, 2.45) is 0 Å². The molecule has 2 N–H and O–H groups in total. The van der Waals surface area contributed by atoms with E-state index in [0.29, 0.717) is 11.4 Å². The minimum atomic E-state index is -0.210. The summed E-state index contributed by atoms with van der Waals surface area (Å²) in [4.78, 5) is 12.4. The van der Waals surface area contributed by atoms with E-state index < -0.39 is 0 Å². The molecule has 2 aromatic rings. The topological polar surface area (TPSA) is 41.1 Å². The molecule has 0 aromatic heterocycles. The van der Waals surface area contributed by atoms with Gasteiger partial charge in [-0.2, -0.15) is 0 Å². The Morgan fingerprint density at radius 3 is 2.81 bits per heavy atom. The summed E-state index contributed by atoms with van der Waals surface area (Å²) >= 11 is 5.99. The lowest BCUT2D eigenvalue weighted by molar-refractivity contribution is -0.118. The van der Waals surface area contributed by atoms with Crippen molar-refractivity contribution in [1.82, 2.24) is 5.32 Å². The minimum Gasteiger partial charge on any atom is -0.324 e. The fourth-order valence-electron chi connectivity index (χ4n) is 2.59. The van der Waals surface area contributed by atoms with Crippen LogP contribution in [-0.2, 0) is 17.8 Å². The first-order valence-corrected chi connectivity index (χ1v) is 7.38. The minimum absolute atomic E-state index is 0.0186. The number of hydrogen-bond donors (Lipinski definition) is 2. The number of carbonyl (C=O) groups is 1. The second-order valence-corrected chi connectivity index (χ2v) is 5.79. The lowest BCUT2D eigenvalue weighted by atomic mass is 9.95. The third-order valence-electron chi connectivity index (χ3n) is 3.86. The predicted molar refractivity (Wildman–Crippen MR) is 85.6 cm³/mol. The average Bonchev–Trinajstić information content (AvgIpc) is 2.50. The van der Waals surface area contributed by atoms with Gasteiger partial charge in [0.1, 0.15) is 0 Å². The second kappa shape index (κ2) is 5.88. The molecule has 0 fully saturated rings. The van der Waals surface area contributed by atoms with Crippen molar-refractivity contribution in [2.45, 2.75) is 25.9 Å². The molecular weight excluding hydrogens is 284 g/mol. The second-order valence-electron chi connectivity index (χ2n) is 5.35. The number of hydrogen-bond acceptors (Lipinski definition) is 2. The maximum atomic E-state index is 12.4. The van der Waals surface area contributed by atoms with Crippen LogP contribution in [0.25, 0.3) is 0 Å². The van der Waals surface area contributed by atoms with Crippen molar-refractivity contribution in [1.29, 1.82) is 0 Å².